The first-order valence-corrected chi connectivity index (χ1v) is 12.5. The smallest absolute Gasteiger partial charge is 0.261 e. The highest BCUT2D eigenvalue weighted by Gasteiger charge is 2.12. The van der Waals surface area contributed by atoms with E-state index >= 15 is 0 Å². The third-order valence-electron chi connectivity index (χ3n) is 5.62. The number of sulfonamides is 1. The van der Waals surface area contributed by atoms with Gasteiger partial charge in [0.15, 0.2) is 0 Å². The van der Waals surface area contributed by atoms with Crippen LogP contribution in [-0.2, 0) is 23.6 Å². The lowest BCUT2D eigenvalue weighted by atomic mass is 10.2. The van der Waals surface area contributed by atoms with E-state index in [4.69, 9.17) is 4.74 Å². The predicted octanol–water partition coefficient (Wildman–Crippen LogP) is 2.94. The summed E-state index contributed by atoms with van der Waals surface area (Å²) in [6.45, 7) is 0.242. The molecule has 0 bridgehead atoms. The van der Waals surface area contributed by atoms with Crippen LogP contribution in [0, 0.1) is 0 Å². The van der Waals surface area contributed by atoms with Crippen LogP contribution in [0.2, 0.25) is 0 Å². The largest absolute Gasteiger partial charge is 0.457 e. The van der Waals surface area contributed by atoms with Gasteiger partial charge in [-0.05, 0) is 49.0 Å². The Morgan fingerprint density at radius 1 is 1.00 bits per heavy atom. The standard InChI is InChI=1S/C25H22N6O4S/c1-26-36(33,34)21-6-3-17(4-7-21)14-31-16-28-23-8-5-19(11-22(23)25(31)32)35-20-9-10-27-24(12-20)18-13-29-30(2)15-18/h3-13,15-16,26H,14H2,1-2H3. The van der Waals surface area contributed by atoms with Gasteiger partial charge in [-0.25, -0.2) is 18.1 Å². The number of fused-ring (bicyclic) bond motifs is 1. The third kappa shape index (κ3) is 4.74. The second-order valence-corrected chi connectivity index (χ2v) is 9.98. The van der Waals surface area contributed by atoms with E-state index in [1.54, 1.807) is 59.5 Å². The number of hydrogen-bond acceptors (Lipinski definition) is 7. The van der Waals surface area contributed by atoms with E-state index in [2.05, 4.69) is 19.8 Å². The van der Waals surface area contributed by atoms with E-state index in [9.17, 15) is 13.2 Å². The molecule has 2 aromatic carbocycles. The average Bonchev–Trinajstić information content (AvgIpc) is 3.33. The fourth-order valence-electron chi connectivity index (χ4n) is 3.72. The Hall–Kier alpha value is -4.35. The van der Waals surface area contributed by atoms with Gasteiger partial charge in [-0.2, -0.15) is 5.10 Å². The normalized spacial score (nSPS) is 11.6. The SMILES string of the molecule is CNS(=O)(=O)c1ccc(Cn2cnc3ccc(Oc4ccnc(-c5cnn(C)c5)c4)cc3c2=O)cc1. The molecule has 1 N–H and O–H groups in total. The number of ether oxygens (including phenoxy) is 1. The maximum atomic E-state index is 13.2. The number of aromatic nitrogens is 5. The summed E-state index contributed by atoms with van der Waals surface area (Å²) in [6, 6.07) is 15.0. The Kier molecular flexibility index (Phi) is 6.08. The second-order valence-electron chi connectivity index (χ2n) is 8.09. The fourth-order valence-corrected chi connectivity index (χ4v) is 4.45. The minimum atomic E-state index is -3.53. The zero-order valence-corrected chi connectivity index (χ0v) is 20.3. The Morgan fingerprint density at radius 2 is 1.78 bits per heavy atom. The number of pyridine rings is 1. The van der Waals surface area contributed by atoms with Crippen molar-refractivity contribution in [3.05, 3.63) is 95.4 Å². The van der Waals surface area contributed by atoms with Crippen molar-refractivity contribution in [1.29, 1.82) is 0 Å². The number of nitrogens with zero attached hydrogens (tertiary/aromatic N) is 5. The summed E-state index contributed by atoms with van der Waals surface area (Å²) in [5, 5.41) is 4.58. The van der Waals surface area contributed by atoms with E-state index in [0.29, 0.717) is 22.4 Å². The molecule has 10 nitrogen and oxygen atoms in total. The Bertz CT molecular complexity index is 1730. The molecule has 0 saturated carbocycles. The monoisotopic (exact) mass is 502 g/mol. The molecule has 3 aromatic heterocycles. The summed E-state index contributed by atoms with van der Waals surface area (Å²) < 4.78 is 35.3. The number of rotatable bonds is 7. The van der Waals surface area contributed by atoms with E-state index < -0.39 is 10.0 Å². The molecule has 3 heterocycles. The van der Waals surface area contributed by atoms with Crippen molar-refractivity contribution in [2.75, 3.05) is 7.05 Å². The molecule has 5 rings (SSSR count). The van der Waals surface area contributed by atoms with Crippen LogP contribution in [0.4, 0.5) is 0 Å². The molecule has 0 saturated heterocycles. The molecule has 0 atom stereocenters. The number of nitrogens with one attached hydrogen (secondary N) is 1. The second kappa shape index (κ2) is 9.36. The zero-order chi connectivity index (χ0) is 25.3. The number of hydrogen-bond donors (Lipinski definition) is 1. The summed E-state index contributed by atoms with van der Waals surface area (Å²) in [6.07, 6.45) is 6.72. The molecule has 5 aromatic rings. The molecule has 0 amide bonds. The number of benzene rings is 2. The Labute approximate surface area is 206 Å². The molecule has 0 radical (unpaired) electrons. The van der Waals surface area contributed by atoms with Gasteiger partial charge in [0.1, 0.15) is 11.5 Å². The summed E-state index contributed by atoms with van der Waals surface area (Å²) >= 11 is 0. The van der Waals surface area contributed by atoms with Crippen LogP contribution in [-0.4, -0.2) is 39.8 Å². The molecule has 182 valence electrons. The molecule has 0 spiro atoms. The first-order chi connectivity index (χ1) is 17.3. The van der Waals surface area contributed by atoms with Crippen LogP contribution in [0.1, 0.15) is 5.56 Å². The van der Waals surface area contributed by atoms with Crippen LogP contribution in [0.15, 0.2) is 89.2 Å². The first kappa shape index (κ1) is 23.4. The third-order valence-corrected chi connectivity index (χ3v) is 7.05. The van der Waals surface area contributed by atoms with Gasteiger partial charge in [0.05, 0.1) is 40.6 Å². The molecule has 11 heteroatoms. The van der Waals surface area contributed by atoms with E-state index in [0.717, 1.165) is 16.8 Å². The lowest BCUT2D eigenvalue weighted by Crippen LogP contribution is -2.21. The van der Waals surface area contributed by atoms with Crippen LogP contribution < -0.4 is 15.0 Å². The lowest BCUT2D eigenvalue weighted by molar-refractivity contribution is 0.483. The van der Waals surface area contributed by atoms with Crippen molar-refractivity contribution < 1.29 is 13.2 Å². The maximum Gasteiger partial charge on any atom is 0.261 e. The van der Waals surface area contributed by atoms with Gasteiger partial charge in [0.2, 0.25) is 10.0 Å². The minimum Gasteiger partial charge on any atom is -0.457 e. The molecule has 0 aliphatic heterocycles. The quantitative estimate of drug-likeness (QED) is 0.363. The van der Waals surface area contributed by atoms with Crippen molar-refractivity contribution in [3.8, 4) is 22.8 Å². The summed E-state index contributed by atoms with van der Waals surface area (Å²) in [5.41, 5.74) is 2.66. The van der Waals surface area contributed by atoms with Crippen molar-refractivity contribution in [3.63, 3.8) is 0 Å². The van der Waals surface area contributed by atoms with Gasteiger partial charge < -0.3 is 4.74 Å². The zero-order valence-electron chi connectivity index (χ0n) is 19.5. The van der Waals surface area contributed by atoms with Crippen LogP contribution in [0.3, 0.4) is 0 Å². The maximum absolute atomic E-state index is 13.2. The van der Waals surface area contributed by atoms with Crippen molar-refractivity contribution in [1.82, 2.24) is 29.0 Å². The minimum absolute atomic E-state index is 0.155. The highest BCUT2D eigenvalue weighted by Crippen LogP contribution is 2.27. The molecular formula is C25H22N6O4S. The molecule has 0 aliphatic rings. The highest BCUT2D eigenvalue weighted by atomic mass is 32.2. The molecular weight excluding hydrogens is 480 g/mol. The van der Waals surface area contributed by atoms with Crippen molar-refractivity contribution in [2.24, 2.45) is 7.05 Å². The predicted molar refractivity (Wildman–Crippen MR) is 134 cm³/mol. The van der Waals surface area contributed by atoms with Crippen LogP contribution >= 0.6 is 0 Å². The van der Waals surface area contributed by atoms with Crippen LogP contribution in [0.5, 0.6) is 11.5 Å². The Morgan fingerprint density at radius 3 is 2.50 bits per heavy atom. The van der Waals surface area contributed by atoms with Gasteiger partial charge in [-0.1, -0.05) is 12.1 Å². The van der Waals surface area contributed by atoms with E-state index in [-0.39, 0.29) is 17.0 Å². The van der Waals surface area contributed by atoms with E-state index in [1.165, 1.54) is 30.1 Å². The molecule has 36 heavy (non-hydrogen) atoms. The fraction of sp³-hybridized carbons (Fsp3) is 0.120. The van der Waals surface area contributed by atoms with Gasteiger partial charge in [0.25, 0.3) is 5.56 Å². The summed E-state index contributed by atoms with van der Waals surface area (Å²) in [4.78, 5) is 22.1. The van der Waals surface area contributed by atoms with Gasteiger partial charge in [-0.3, -0.25) is 19.0 Å². The van der Waals surface area contributed by atoms with Crippen LogP contribution in [0.25, 0.3) is 22.2 Å². The molecule has 0 unspecified atom stereocenters. The lowest BCUT2D eigenvalue weighted by Gasteiger charge is -2.10. The molecule has 0 aliphatic carbocycles. The molecule has 0 fully saturated rings. The van der Waals surface area contributed by atoms with Crippen molar-refractivity contribution >= 4 is 20.9 Å². The van der Waals surface area contributed by atoms with Gasteiger partial charge >= 0.3 is 0 Å². The topological polar surface area (TPSA) is 121 Å². The summed E-state index contributed by atoms with van der Waals surface area (Å²) in [5.74, 6) is 1.06. The number of aryl methyl sites for hydroxylation is 1. The summed E-state index contributed by atoms with van der Waals surface area (Å²) in [7, 11) is -0.332. The van der Waals surface area contributed by atoms with Crippen molar-refractivity contribution in [2.45, 2.75) is 11.4 Å². The highest BCUT2D eigenvalue weighted by molar-refractivity contribution is 7.89. The first-order valence-electron chi connectivity index (χ1n) is 11.0. The van der Waals surface area contributed by atoms with Gasteiger partial charge in [-0.15, -0.1) is 0 Å². The average molecular weight is 503 g/mol. The van der Waals surface area contributed by atoms with Gasteiger partial charge in [0, 0.05) is 31.1 Å². The Balaban J connectivity index is 1.41. The van der Waals surface area contributed by atoms with E-state index in [1.807, 2.05) is 13.2 Å².